The molecule has 2 saturated heterocycles. The quantitative estimate of drug-likeness (QED) is 0.562. The van der Waals surface area contributed by atoms with Crippen LogP contribution in [0.1, 0.15) is 42.0 Å². The molecule has 1 unspecified atom stereocenters. The third kappa shape index (κ3) is 4.55. The number of carbonyl (C=O) groups is 4. The van der Waals surface area contributed by atoms with E-state index in [1.54, 1.807) is 6.07 Å². The van der Waals surface area contributed by atoms with E-state index in [-0.39, 0.29) is 19.3 Å². The molecule has 1 aliphatic carbocycles. The lowest BCUT2D eigenvalue weighted by Gasteiger charge is -2.32. The second-order valence-electron chi connectivity index (χ2n) is 9.67. The van der Waals surface area contributed by atoms with Crippen molar-refractivity contribution in [2.45, 2.75) is 49.5 Å². The number of imide groups is 1. The Morgan fingerprint density at radius 3 is 2.49 bits per heavy atom. The predicted octanol–water partition coefficient (Wildman–Crippen LogP) is 3.99. The summed E-state index contributed by atoms with van der Waals surface area (Å²) < 4.78 is 60.5. The topological polar surface area (TPSA) is 108 Å². The van der Waals surface area contributed by atoms with Gasteiger partial charge in [-0.1, -0.05) is 18.2 Å². The summed E-state index contributed by atoms with van der Waals surface area (Å²) in [5.41, 5.74) is 0.0912. The van der Waals surface area contributed by atoms with Gasteiger partial charge in [0, 0.05) is 24.7 Å². The van der Waals surface area contributed by atoms with Crippen LogP contribution in [0.2, 0.25) is 0 Å². The number of anilines is 1. The van der Waals surface area contributed by atoms with Crippen molar-refractivity contribution in [2.24, 2.45) is 0 Å². The summed E-state index contributed by atoms with van der Waals surface area (Å²) in [6, 6.07) is 5.93. The van der Waals surface area contributed by atoms with Gasteiger partial charge >= 0.3 is 18.3 Å². The van der Waals surface area contributed by atoms with Crippen molar-refractivity contribution in [2.75, 3.05) is 18.9 Å². The molecule has 5 amide bonds. The fraction of sp³-hybridized carbons (Fsp3) is 0.385. The van der Waals surface area contributed by atoms with Crippen molar-refractivity contribution in [1.82, 2.24) is 15.1 Å². The Morgan fingerprint density at radius 1 is 1.10 bits per heavy atom. The van der Waals surface area contributed by atoms with Crippen LogP contribution in [0, 0.1) is 5.82 Å². The van der Waals surface area contributed by atoms with E-state index >= 15 is 0 Å². The van der Waals surface area contributed by atoms with Gasteiger partial charge in [-0.05, 0) is 54.7 Å². The molecule has 0 saturated carbocycles. The van der Waals surface area contributed by atoms with E-state index in [1.165, 1.54) is 31.3 Å². The number of alkyl halides is 3. The molecule has 2 heterocycles. The number of urea groups is 1. The Bertz CT molecular complexity index is 1350. The number of nitrogens with zero attached hydrogens (tertiary/aromatic N) is 2. The molecule has 39 heavy (non-hydrogen) atoms. The molecule has 2 fully saturated rings. The number of amides is 5. The third-order valence-electron chi connectivity index (χ3n) is 7.44. The average Bonchev–Trinajstić information content (AvgIpc) is 3.56. The summed E-state index contributed by atoms with van der Waals surface area (Å²) in [4.78, 5) is 52.4. The molecule has 2 N–H and O–H groups in total. The van der Waals surface area contributed by atoms with E-state index in [4.69, 9.17) is 4.74 Å². The Morgan fingerprint density at radius 2 is 1.82 bits per heavy atom. The number of hydrogen-bond acceptors (Lipinski definition) is 5. The zero-order chi connectivity index (χ0) is 28.1. The van der Waals surface area contributed by atoms with Gasteiger partial charge in [-0.3, -0.25) is 9.59 Å². The van der Waals surface area contributed by atoms with Crippen molar-refractivity contribution in [3.8, 4) is 0 Å². The molecule has 1 spiro atoms. The fourth-order valence-electron chi connectivity index (χ4n) is 5.63. The first-order valence-electron chi connectivity index (χ1n) is 12.2. The summed E-state index contributed by atoms with van der Waals surface area (Å²) in [5.74, 6) is -2.49. The molecule has 0 radical (unpaired) electrons. The highest BCUT2D eigenvalue weighted by Gasteiger charge is 2.59. The van der Waals surface area contributed by atoms with Gasteiger partial charge in [-0.25, -0.2) is 18.9 Å². The van der Waals surface area contributed by atoms with E-state index in [1.807, 2.05) is 0 Å². The Labute approximate surface area is 220 Å². The monoisotopic (exact) mass is 548 g/mol. The smallest absolute Gasteiger partial charge is 0.418 e. The number of benzene rings is 2. The van der Waals surface area contributed by atoms with Crippen molar-refractivity contribution in [3.63, 3.8) is 0 Å². The number of halogens is 4. The molecule has 0 aromatic heterocycles. The van der Waals surface area contributed by atoms with Gasteiger partial charge in [0.15, 0.2) is 0 Å². The van der Waals surface area contributed by atoms with Crippen LogP contribution in [-0.4, -0.2) is 59.5 Å². The molecule has 9 nitrogen and oxygen atoms in total. The van der Waals surface area contributed by atoms with E-state index in [9.17, 15) is 36.7 Å². The van der Waals surface area contributed by atoms with Crippen LogP contribution in [0.5, 0.6) is 0 Å². The van der Waals surface area contributed by atoms with Gasteiger partial charge in [-0.15, -0.1) is 0 Å². The van der Waals surface area contributed by atoms with Crippen molar-refractivity contribution >= 4 is 29.6 Å². The number of nitrogens with one attached hydrogen (secondary N) is 2. The molecular weight excluding hydrogens is 524 g/mol. The predicted molar refractivity (Wildman–Crippen MR) is 128 cm³/mol. The van der Waals surface area contributed by atoms with Crippen LogP contribution in [-0.2, 0) is 26.3 Å². The number of fused-ring (bicyclic) bond motifs is 2. The summed E-state index contributed by atoms with van der Waals surface area (Å²) in [6.45, 7) is -0.935. The molecule has 2 aromatic carbocycles. The van der Waals surface area contributed by atoms with Gasteiger partial charge < -0.3 is 20.3 Å². The first-order chi connectivity index (χ1) is 18.4. The lowest BCUT2D eigenvalue weighted by molar-refractivity contribution is -0.186. The Balaban J connectivity index is 1.39. The zero-order valence-electron chi connectivity index (χ0n) is 20.7. The van der Waals surface area contributed by atoms with Crippen LogP contribution in [0.25, 0.3) is 0 Å². The maximum absolute atomic E-state index is 13.9. The number of aryl methyl sites for hydroxylation is 1. The standard InChI is InChI=1S/C26H24F4N4O5/c1-31-23(37)32-17-6-7-18-15(12-17)10-11-25(18)22(36)33(24(38)39-25)13-21(35)34-19(8-9-20(34)26(28,29)30)14-2-4-16(27)5-3-14/h2-7,12,19-20H,8-11,13H2,1H3,(H2,31,32,37)/t19-,20-,25?/m1/s1. The number of rotatable bonds is 4. The minimum Gasteiger partial charge on any atom is -0.427 e. The fourth-order valence-corrected chi connectivity index (χ4v) is 5.63. The maximum Gasteiger partial charge on any atom is 0.418 e. The maximum atomic E-state index is 13.9. The first-order valence-corrected chi connectivity index (χ1v) is 12.2. The largest absolute Gasteiger partial charge is 0.427 e. The second kappa shape index (κ2) is 9.54. The zero-order valence-corrected chi connectivity index (χ0v) is 20.7. The number of likely N-dealkylation sites (tertiary alicyclic amines) is 1. The molecule has 2 aliphatic heterocycles. The van der Waals surface area contributed by atoms with Crippen LogP contribution in [0.15, 0.2) is 42.5 Å². The lowest BCUT2D eigenvalue weighted by atomic mass is 9.94. The third-order valence-corrected chi connectivity index (χ3v) is 7.44. The van der Waals surface area contributed by atoms with Gasteiger partial charge in [0.2, 0.25) is 11.5 Å². The van der Waals surface area contributed by atoms with E-state index in [2.05, 4.69) is 10.6 Å². The number of carbonyl (C=O) groups excluding carboxylic acids is 4. The molecule has 2 aromatic rings. The SMILES string of the molecule is CNC(=O)Nc1ccc2c(c1)CCC21OC(=O)N(CC(=O)N2[C@@H](c3ccc(F)cc3)CC[C@@H]2C(F)(F)F)C1=O. The van der Waals surface area contributed by atoms with Crippen LogP contribution >= 0.6 is 0 Å². The molecule has 0 bridgehead atoms. The second-order valence-corrected chi connectivity index (χ2v) is 9.67. The molecule has 3 atom stereocenters. The molecule has 3 aliphatic rings. The van der Waals surface area contributed by atoms with Gasteiger partial charge in [-0.2, -0.15) is 13.2 Å². The highest BCUT2D eigenvalue weighted by molar-refractivity contribution is 6.06. The van der Waals surface area contributed by atoms with Crippen LogP contribution in [0.4, 0.5) is 32.8 Å². The summed E-state index contributed by atoms with van der Waals surface area (Å²) in [6.07, 6.45) is -5.87. The summed E-state index contributed by atoms with van der Waals surface area (Å²) in [5, 5.41) is 5.02. The van der Waals surface area contributed by atoms with Crippen LogP contribution in [0.3, 0.4) is 0 Å². The molecule has 206 valence electrons. The number of ether oxygens (including phenoxy) is 1. The average molecular weight is 548 g/mol. The molecule has 5 rings (SSSR count). The van der Waals surface area contributed by atoms with E-state index < -0.39 is 60.2 Å². The van der Waals surface area contributed by atoms with Gasteiger partial charge in [0.1, 0.15) is 18.4 Å². The van der Waals surface area contributed by atoms with Gasteiger partial charge in [0.05, 0.1) is 6.04 Å². The first kappa shape index (κ1) is 26.4. The molecule has 13 heteroatoms. The highest BCUT2D eigenvalue weighted by Crippen LogP contribution is 2.47. The summed E-state index contributed by atoms with van der Waals surface area (Å²) >= 11 is 0. The van der Waals surface area contributed by atoms with Crippen molar-refractivity contribution in [3.05, 3.63) is 65.0 Å². The lowest BCUT2D eigenvalue weighted by Crippen LogP contribution is -2.50. The minimum absolute atomic E-state index is 0.0241. The Hall–Kier alpha value is -4.16. The normalized spacial score (nSPS) is 24.2. The summed E-state index contributed by atoms with van der Waals surface area (Å²) in [7, 11) is 1.45. The van der Waals surface area contributed by atoms with E-state index in [0.717, 1.165) is 12.1 Å². The Kier molecular flexibility index (Phi) is 6.47. The van der Waals surface area contributed by atoms with Gasteiger partial charge in [0.25, 0.3) is 5.91 Å². The van der Waals surface area contributed by atoms with Crippen molar-refractivity contribution in [1.29, 1.82) is 0 Å². The van der Waals surface area contributed by atoms with Crippen LogP contribution < -0.4 is 10.6 Å². The van der Waals surface area contributed by atoms with Crippen molar-refractivity contribution < 1.29 is 41.5 Å². The minimum atomic E-state index is -4.74. The highest BCUT2D eigenvalue weighted by atomic mass is 19.4. The molecular formula is C26H24F4N4O5. The number of hydrogen-bond donors (Lipinski definition) is 2. The van der Waals surface area contributed by atoms with E-state index in [0.29, 0.717) is 38.6 Å².